The Kier molecular flexibility index (Phi) is 6.28. The first-order valence-electron chi connectivity index (χ1n) is 8.91. The van der Waals surface area contributed by atoms with Crippen molar-refractivity contribution >= 4 is 15.9 Å². The van der Waals surface area contributed by atoms with Crippen molar-refractivity contribution in [2.45, 2.75) is 36.6 Å². The molecule has 0 unspecified atom stereocenters. The number of hydroxylamine groups is 1. The van der Waals surface area contributed by atoms with E-state index in [-0.39, 0.29) is 17.3 Å². The number of ether oxygens (including phenoxy) is 1. The van der Waals surface area contributed by atoms with Crippen molar-refractivity contribution in [1.29, 1.82) is 0 Å². The molecule has 3 rings (SSSR count). The fourth-order valence-electron chi connectivity index (χ4n) is 3.16. The van der Waals surface area contributed by atoms with Crippen molar-refractivity contribution in [1.82, 2.24) is 9.79 Å². The van der Waals surface area contributed by atoms with Gasteiger partial charge in [0.15, 0.2) is 0 Å². The van der Waals surface area contributed by atoms with Gasteiger partial charge in [-0.15, -0.1) is 0 Å². The number of nitrogens with one attached hydrogen (secondary N) is 1. The Hall–Kier alpha value is -2.49. The lowest BCUT2D eigenvalue weighted by molar-refractivity contribution is -0.133. The van der Waals surface area contributed by atoms with Crippen molar-refractivity contribution in [3.8, 4) is 11.5 Å². The molecule has 1 heterocycles. The Balaban J connectivity index is 1.82. The Morgan fingerprint density at radius 3 is 2.25 bits per heavy atom. The fourth-order valence-corrected chi connectivity index (χ4v) is 4.82. The Morgan fingerprint density at radius 2 is 1.64 bits per heavy atom. The Bertz CT molecular complexity index is 916. The van der Waals surface area contributed by atoms with Gasteiger partial charge in [0.1, 0.15) is 23.4 Å². The van der Waals surface area contributed by atoms with E-state index in [0.717, 1.165) is 10.7 Å². The van der Waals surface area contributed by atoms with Crippen LogP contribution in [0.15, 0.2) is 53.4 Å². The van der Waals surface area contributed by atoms with E-state index < -0.39 is 22.0 Å². The highest BCUT2D eigenvalue weighted by Gasteiger charge is 2.36. The van der Waals surface area contributed by atoms with Crippen molar-refractivity contribution < 1.29 is 27.5 Å². The zero-order chi connectivity index (χ0) is 20.1. The highest BCUT2D eigenvalue weighted by Crippen LogP contribution is 2.28. The van der Waals surface area contributed by atoms with E-state index in [0.29, 0.717) is 30.8 Å². The first kappa shape index (κ1) is 20.2. The topological polar surface area (TPSA) is 95.9 Å². The Morgan fingerprint density at radius 1 is 1.04 bits per heavy atom. The molecule has 7 nitrogen and oxygen atoms in total. The molecule has 2 aromatic carbocycles. The number of halogens is 1. The standard InChI is InChI=1S/C19H21FN2O5S/c20-14-5-7-15(8-6-14)27-16-9-11-17(12-10-16)28(25,26)22-13-3-1-2-4-18(22)19(23)21-24/h5-12,18,24H,1-4,13H2,(H,21,23)/t18-/m1/s1. The number of hydrogen-bond acceptors (Lipinski definition) is 5. The molecule has 2 aromatic rings. The van der Waals surface area contributed by atoms with E-state index in [4.69, 9.17) is 9.94 Å². The first-order valence-corrected chi connectivity index (χ1v) is 10.3. The van der Waals surface area contributed by atoms with Crippen molar-refractivity contribution in [3.63, 3.8) is 0 Å². The molecule has 28 heavy (non-hydrogen) atoms. The number of carbonyl (C=O) groups excluding carboxylic acids is 1. The van der Waals surface area contributed by atoms with Crippen molar-refractivity contribution in [3.05, 3.63) is 54.3 Å². The van der Waals surface area contributed by atoms with Gasteiger partial charge in [-0.2, -0.15) is 4.31 Å². The molecule has 0 bridgehead atoms. The van der Waals surface area contributed by atoms with Crippen LogP contribution in [0.4, 0.5) is 4.39 Å². The maximum atomic E-state index is 13.1. The van der Waals surface area contributed by atoms with Gasteiger partial charge in [-0.05, 0) is 61.4 Å². The summed E-state index contributed by atoms with van der Waals surface area (Å²) in [5.41, 5.74) is 1.56. The SMILES string of the molecule is O=C(NO)[C@H]1CCCCCN1S(=O)(=O)c1ccc(Oc2ccc(F)cc2)cc1. The average molecular weight is 408 g/mol. The molecule has 1 amide bonds. The molecule has 0 saturated carbocycles. The third-order valence-corrected chi connectivity index (χ3v) is 6.52. The lowest BCUT2D eigenvalue weighted by Crippen LogP contribution is -2.48. The van der Waals surface area contributed by atoms with Crippen LogP contribution in [-0.4, -0.2) is 36.4 Å². The van der Waals surface area contributed by atoms with E-state index in [1.165, 1.54) is 48.5 Å². The summed E-state index contributed by atoms with van der Waals surface area (Å²) in [5, 5.41) is 8.97. The number of carbonyl (C=O) groups is 1. The van der Waals surface area contributed by atoms with Gasteiger partial charge in [0, 0.05) is 6.54 Å². The van der Waals surface area contributed by atoms with Gasteiger partial charge in [-0.1, -0.05) is 12.8 Å². The number of hydrogen-bond donors (Lipinski definition) is 2. The van der Waals surface area contributed by atoms with Crippen molar-refractivity contribution in [2.24, 2.45) is 0 Å². The monoisotopic (exact) mass is 408 g/mol. The van der Waals surface area contributed by atoms with E-state index in [1.807, 2.05) is 0 Å². The van der Waals surface area contributed by atoms with Crippen LogP contribution in [0.5, 0.6) is 11.5 Å². The number of amides is 1. The zero-order valence-electron chi connectivity index (χ0n) is 15.0. The first-order chi connectivity index (χ1) is 13.4. The average Bonchev–Trinajstić information content (AvgIpc) is 2.96. The van der Waals surface area contributed by atoms with Crippen LogP contribution < -0.4 is 10.2 Å². The van der Waals surface area contributed by atoms with Crippen LogP contribution >= 0.6 is 0 Å². The number of sulfonamides is 1. The van der Waals surface area contributed by atoms with Gasteiger partial charge >= 0.3 is 0 Å². The predicted molar refractivity (Wildman–Crippen MR) is 99.0 cm³/mol. The molecule has 0 aromatic heterocycles. The molecule has 9 heteroatoms. The van der Waals surface area contributed by atoms with Crippen LogP contribution in [-0.2, 0) is 14.8 Å². The van der Waals surface area contributed by atoms with Gasteiger partial charge in [0.25, 0.3) is 5.91 Å². The quantitative estimate of drug-likeness (QED) is 0.586. The van der Waals surface area contributed by atoms with Crippen LogP contribution in [0.1, 0.15) is 25.7 Å². The minimum absolute atomic E-state index is 0.0246. The van der Waals surface area contributed by atoms with Gasteiger partial charge in [-0.3, -0.25) is 10.0 Å². The maximum absolute atomic E-state index is 13.1. The highest BCUT2D eigenvalue weighted by atomic mass is 32.2. The minimum Gasteiger partial charge on any atom is -0.457 e. The maximum Gasteiger partial charge on any atom is 0.261 e. The third-order valence-electron chi connectivity index (χ3n) is 4.60. The molecule has 1 aliphatic rings. The van der Waals surface area contributed by atoms with Crippen LogP contribution in [0, 0.1) is 5.82 Å². The lowest BCUT2D eigenvalue weighted by atomic mass is 10.1. The molecular formula is C19H21FN2O5S. The summed E-state index contributed by atoms with van der Waals surface area (Å²) in [6.45, 7) is 0.203. The summed E-state index contributed by atoms with van der Waals surface area (Å²) in [6, 6.07) is 10.3. The second-order valence-electron chi connectivity index (χ2n) is 6.48. The molecule has 0 spiro atoms. The van der Waals surface area contributed by atoms with Gasteiger partial charge < -0.3 is 4.74 Å². The summed E-state index contributed by atoms with van der Waals surface area (Å²) < 4.78 is 45.8. The summed E-state index contributed by atoms with van der Waals surface area (Å²) >= 11 is 0. The molecule has 0 radical (unpaired) electrons. The molecule has 150 valence electrons. The number of benzene rings is 2. The predicted octanol–water partition coefficient (Wildman–Crippen LogP) is 3.06. The molecule has 1 atom stereocenters. The summed E-state index contributed by atoms with van der Waals surface area (Å²) in [7, 11) is -3.93. The molecule has 1 aliphatic heterocycles. The molecule has 1 saturated heterocycles. The van der Waals surface area contributed by atoms with E-state index in [9.17, 15) is 17.6 Å². The van der Waals surface area contributed by atoms with E-state index in [2.05, 4.69) is 0 Å². The number of nitrogens with zero attached hydrogens (tertiary/aromatic N) is 1. The van der Waals surface area contributed by atoms with E-state index in [1.54, 1.807) is 5.48 Å². The zero-order valence-corrected chi connectivity index (χ0v) is 15.9. The van der Waals surface area contributed by atoms with Gasteiger partial charge in [0.2, 0.25) is 10.0 Å². The smallest absolute Gasteiger partial charge is 0.261 e. The molecular weight excluding hydrogens is 387 g/mol. The normalized spacial score (nSPS) is 18.3. The molecule has 0 aliphatic carbocycles. The van der Waals surface area contributed by atoms with Gasteiger partial charge in [-0.25, -0.2) is 18.3 Å². The third kappa shape index (κ3) is 4.49. The molecule has 1 fully saturated rings. The summed E-state index contributed by atoms with van der Waals surface area (Å²) in [5.74, 6) is -0.301. The second-order valence-corrected chi connectivity index (χ2v) is 8.37. The van der Waals surface area contributed by atoms with Crippen molar-refractivity contribution in [2.75, 3.05) is 6.54 Å². The number of rotatable bonds is 5. The second kappa shape index (κ2) is 8.68. The van der Waals surface area contributed by atoms with Gasteiger partial charge in [0.05, 0.1) is 4.90 Å². The summed E-state index contributed by atoms with van der Waals surface area (Å²) in [4.78, 5) is 12.0. The highest BCUT2D eigenvalue weighted by molar-refractivity contribution is 7.89. The summed E-state index contributed by atoms with van der Waals surface area (Å²) in [6.07, 6.45) is 2.50. The van der Waals surface area contributed by atoms with E-state index >= 15 is 0 Å². The van der Waals surface area contributed by atoms with Crippen LogP contribution in [0.25, 0.3) is 0 Å². The lowest BCUT2D eigenvalue weighted by Gasteiger charge is -2.27. The fraction of sp³-hybridized carbons (Fsp3) is 0.316. The van der Waals surface area contributed by atoms with Crippen LogP contribution in [0.2, 0.25) is 0 Å². The largest absolute Gasteiger partial charge is 0.457 e. The van der Waals surface area contributed by atoms with Crippen LogP contribution in [0.3, 0.4) is 0 Å². The Labute approximate surface area is 162 Å². The molecule has 2 N–H and O–H groups in total. The minimum atomic E-state index is -3.93.